The highest BCUT2D eigenvalue weighted by molar-refractivity contribution is 6.36. The van der Waals surface area contributed by atoms with Gasteiger partial charge in [-0.15, -0.1) is 0 Å². The number of anilines is 1. The summed E-state index contributed by atoms with van der Waals surface area (Å²) in [6.07, 6.45) is 0. The molecule has 0 fully saturated rings. The molecule has 20 heavy (non-hydrogen) atoms. The van der Waals surface area contributed by atoms with Crippen molar-refractivity contribution < 1.29 is 4.74 Å². The molecule has 3 nitrogen and oxygen atoms in total. The fraction of sp³-hybridized carbons (Fsp3) is 0.125. The minimum atomic E-state index is 0.619. The van der Waals surface area contributed by atoms with E-state index < -0.39 is 0 Å². The predicted octanol–water partition coefficient (Wildman–Crippen LogP) is 4.44. The third-order valence-corrected chi connectivity index (χ3v) is 3.71. The van der Waals surface area contributed by atoms with E-state index in [0.717, 1.165) is 33.1 Å². The maximum absolute atomic E-state index is 6.39. The Morgan fingerprint density at radius 3 is 2.65 bits per heavy atom. The number of aromatic nitrogens is 1. The summed E-state index contributed by atoms with van der Waals surface area (Å²) in [5.41, 5.74) is 2.97. The Morgan fingerprint density at radius 2 is 1.85 bits per heavy atom. The normalized spacial score (nSPS) is 10.7. The number of hydrogen-bond donors (Lipinski definition) is 2. The molecule has 3 aromatic rings. The van der Waals surface area contributed by atoms with Crippen molar-refractivity contribution in [3.63, 3.8) is 0 Å². The van der Waals surface area contributed by atoms with Gasteiger partial charge in [0.2, 0.25) is 0 Å². The zero-order valence-electron chi connectivity index (χ0n) is 11.1. The van der Waals surface area contributed by atoms with E-state index in [2.05, 4.69) is 10.3 Å². The van der Waals surface area contributed by atoms with Crippen LogP contribution in [0.1, 0.15) is 5.69 Å². The number of H-pyrrole nitrogens is 1. The first-order chi connectivity index (χ1) is 9.79. The molecular weight excluding hydrogens is 272 g/mol. The summed E-state index contributed by atoms with van der Waals surface area (Å²) in [5, 5.41) is 5.16. The number of para-hydroxylation sites is 3. The van der Waals surface area contributed by atoms with Gasteiger partial charge in [-0.2, -0.15) is 0 Å². The van der Waals surface area contributed by atoms with Gasteiger partial charge in [-0.3, -0.25) is 0 Å². The number of fused-ring (bicyclic) bond motifs is 1. The lowest BCUT2D eigenvalue weighted by Gasteiger charge is -2.10. The Labute approximate surface area is 122 Å². The van der Waals surface area contributed by atoms with E-state index in [1.54, 1.807) is 7.11 Å². The van der Waals surface area contributed by atoms with Crippen LogP contribution in [0.3, 0.4) is 0 Å². The summed E-state index contributed by atoms with van der Waals surface area (Å²) < 4.78 is 5.32. The number of halogens is 1. The monoisotopic (exact) mass is 286 g/mol. The van der Waals surface area contributed by atoms with Crippen molar-refractivity contribution in [2.45, 2.75) is 6.54 Å². The number of methoxy groups -OCH3 is 1. The molecular formula is C16H15ClN2O. The van der Waals surface area contributed by atoms with Gasteiger partial charge in [-0.25, -0.2) is 0 Å². The van der Waals surface area contributed by atoms with Gasteiger partial charge in [-0.1, -0.05) is 41.9 Å². The smallest absolute Gasteiger partial charge is 0.141 e. The maximum Gasteiger partial charge on any atom is 0.141 e. The summed E-state index contributed by atoms with van der Waals surface area (Å²) in [6, 6.07) is 15.8. The molecule has 0 aliphatic rings. The molecule has 0 unspecified atom stereocenters. The number of benzene rings is 2. The van der Waals surface area contributed by atoms with Crippen LogP contribution < -0.4 is 10.1 Å². The highest BCUT2D eigenvalue weighted by Gasteiger charge is 2.09. The molecule has 1 aromatic heterocycles. The van der Waals surface area contributed by atoms with Crippen molar-refractivity contribution in [3.05, 3.63) is 59.2 Å². The highest BCUT2D eigenvalue weighted by atomic mass is 35.5. The molecule has 0 amide bonds. The van der Waals surface area contributed by atoms with Gasteiger partial charge in [0.25, 0.3) is 0 Å². The standard InChI is InChI=1S/C16H15ClN2O/c1-20-15-9-5-4-8-13(15)18-10-14-16(17)11-6-2-3-7-12(11)19-14/h2-9,18-19H,10H2,1H3. The molecule has 0 radical (unpaired) electrons. The summed E-state index contributed by atoms with van der Waals surface area (Å²) in [7, 11) is 1.66. The van der Waals surface area contributed by atoms with E-state index in [-0.39, 0.29) is 0 Å². The van der Waals surface area contributed by atoms with Crippen LogP contribution in [0.5, 0.6) is 5.75 Å². The molecule has 0 saturated carbocycles. The van der Waals surface area contributed by atoms with Crippen molar-refractivity contribution in [2.24, 2.45) is 0 Å². The summed E-state index contributed by atoms with van der Waals surface area (Å²) in [4.78, 5) is 3.34. The molecule has 0 bridgehead atoms. The summed E-state index contributed by atoms with van der Waals surface area (Å²) in [6.45, 7) is 0.619. The fourth-order valence-electron chi connectivity index (χ4n) is 2.26. The SMILES string of the molecule is COc1ccccc1NCc1[nH]c2ccccc2c1Cl. The molecule has 0 atom stereocenters. The number of rotatable bonds is 4. The van der Waals surface area contributed by atoms with Crippen LogP contribution in [0.4, 0.5) is 5.69 Å². The van der Waals surface area contributed by atoms with Crippen LogP contribution in [0.2, 0.25) is 5.02 Å². The number of nitrogens with one attached hydrogen (secondary N) is 2. The second-order valence-electron chi connectivity index (χ2n) is 4.52. The fourth-order valence-corrected chi connectivity index (χ4v) is 2.54. The highest BCUT2D eigenvalue weighted by Crippen LogP contribution is 2.29. The Bertz CT molecular complexity index is 736. The van der Waals surface area contributed by atoms with Gasteiger partial charge in [-0.05, 0) is 18.2 Å². The molecule has 2 N–H and O–H groups in total. The van der Waals surface area contributed by atoms with E-state index in [9.17, 15) is 0 Å². The summed E-state index contributed by atoms with van der Waals surface area (Å²) in [5.74, 6) is 0.819. The maximum atomic E-state index is 6.39. The third-order valence-electron chi connectivity index (χ3n) is 3.28. The van der Waals surface area contributed by atoms with Gasteiger partial charge in [0, 0.05) is 10.9 Å². The molecule has 0 saturated heterocycles. The van der Waals surface area contributed by atoms with Crippen LogP contribution in [-0.2, 0) is 6.54 Å². The van der Waals surface area contributed by atoms with E-state index in [0.29, 0.717) is 6.54 Å². The van der Waals surface area contributed by atoms with Gasteiger partial charge in [0.1, 0.15) is 5.75 Å². The second-order valence-corrected chi connectivity index (χ2v) is 4.89. The minimum Gasteiger partial charge on any atom is -0.495 e. The number of ether oxygens (including phenoxy) is 1. The minimum absolute atomic E-state index is 0.619. The first kappa shape index (κ1) is 12.9. The van der Waals surface area contributed by atoms with Crippen LogP contribution in [-0.4, -0.2) is 12.1 Å². The quantitative estimate of drug-likeness (QED) is 0.744. The Morgan fingerprint density at radius 1 is 1.10 bits per heavy atom. The van der Waals surface area contributed by atoms with Crippen molar-refractivity contribution >= 4 is 28.2 Å². The van der Waals surface area contributed by atoms with Gasteiger partial charge in [0.15, 0.2) is 0 Å². The Kier molecular flexibility index (Phi) is 3.52. The molecule has 2 aromatic carbocycles. The Balaban J connectivity index is 1.85. The summed E-state index contributed by atoms with van der Waals surface area (Å²) >= 11 is 6.39. The number of aromatic amines is 1. The van der Waals surface area contributed by atoms with E-state index in [1.165, 1.54) is 0 Å². The molecule has 1 heterocycles. The average Bonchev–Trinajstić information content (AvgIpc) is 2.82. The lowest BCUT2D eigenvalue weighted by molar-refractivity contribution is 0.416. The number of hydrogen-bond acceptors (Lipinski definition) is 2. The van der Waals surface area contributed by atoms with E-state index in [4.69, 9.17) is 16.3 Å². The van der Waals surface area contributed by atoms with Crippen molar-refractivity contribution in [3.8, 4) is 5.75 Å². The van der Waals surface area contributed by atoms with Crippen molar-refractivity contribution in [1.29, 1.82) is 0 Å². The molecule has 0 spiro atoms. The van der Waals surface area contributed by atoms with Crippen LogP contribution >= 0.6 is 11.6 Å². The lowest BCUT2D eigenvalue weighted by Crippen LogP contribution is -2.01. The van der Waals surface area contributed by atoms with Crippen LogP contribution in [0.15, 0.2) is 48.5 Å². The zero-order chi connectivity index (χ0) is 13.9. The zero-order valence-corrected chi connectivity index (χ0v) is 11.9. The molecule has 4 heteroatoms. The van der Waals surface area contributed by atoms with E-state index >= 15 is 0 Å². The third kappa shape index (κ3) is 2.32. The first-order valence-electron chi connectivity index (χ1n) is 6.41. The average molecular weight is 287 g/mol. The largest absolute Gasteiger partial charge is 0.495 e. The topological polar surface area (TPSA) is 37.0 Å². The van der Waals surface area contributed by atoms with Crippen LogP contribution in [0, 0.1) is 0 Å². The molecule has 102 valence electrons. The molecule has 0 aliphatic carbocycles. The molecule has 0 aliphatic heterocycles. The van der Waals surface area contributed by atoms with Gasteiger partial charge in [0.05, 0.1) is 30.1 Å². The van der Waals surface area contributed by atoms with Gasteiger partial charge >= 0.3 is 0 Å². The first-order valence-corrected chi connectivity index (χ1v) is 6.79. The van der Waals surface area contributed by atoms with Crippen molar-refractivity contribution in [1.82, 2.24) is 4.98 Å². The Hall–Kier alpha value is -2.13. The van der Waals surface area contributed by atoms with Gasteiger partial charge < -0.3 is 15.0 Å². The van der Waals surface area contributed by atoms with Crippen LogP contribution in [0.25, 0.3) is 10.9 Å². The van der Waals surface area contributed by atoms with E-state index in [1.807, 2.05) is 48.5 Å². The molecule has 3 rings (SSSR count). The van der Waals surface area contributed by atoms with Crippen molar-refractivity contribution in [2.75, 3.05) is 12.4 Å². The predicted molar refractivity (Wildman–Crippen MR) is 83.6 cm³/mol. The second kappa shape index (κ2) is 5.47. The lowest BCUT2D eigenvalue weighted by atomic mass is 10.2.